The monoisotopic (exact) mass is 492 g/mol. The summed E-state index contributed by atoms with van der Waals surface area (Å²) in [5, 5.41) is 16.7. The Bertz CT molecular complexity index is 1690. The number of halogens is 1. The van der Waals surface area contributed by atoms with E-state index < -0.39 is 0 Å². The maximum Gasteiger partial charge on any atom is 0.186 e. The third kappa shape index (κ3) is 4.69. The molecular weight excluding hydrogens is 472 g/mol. The van der Waals surface area contributed by atoms with E-state index in [4.69, 9.17) is 21.3 Å². The van der Waals surface area contributed by atoms with E-state index in [1.807, 2.05) is 42.5 Å². The number of benzene rings is 3. The highest BCUT2D eigenvalue weighted by Crippen LogP contribution is 2.28. The third-order valence-electron chi connectivity index (χ3n) is 5.93. The molecule has 0 radical (unpaired) electrons. The summed E-state index contributed by atoms with van der Waals surface area (Å²) < 4.78 is 8.22. The molecule has 0 atom stereocenters. The van der Waals surface area contributed by atoms with Crippen molar-refractivity contribution in [2.45, 2.75) is 13.2 Å². The quantitative estimate of drug-likeness (QED) is 0.289. The lowest BCUT2D eigenvalue weighted by Gasteiger charge is -2.11. The van der Waals surface area contributed by atoms with Gasteiger partial charge in [0.05, 0.1) is 16.7 Å². The van der Waals surface area contributed by atoms with E-state index in [1.54, 1.807) is 0 Å². The van der Waals surface area contributed by atoms with E-state index >= 15 is 0 Å². The topological polar surface area (TPSA) is 81.5 Å². The molecule has 0 saturated carbocycles. The van der Waals surface area contributed by atoms with Gasteiger partial charge in [0.25, 0.3) is 0 Å². The fraction of sp³-hybridized carbons (Fsp3) is 0.0714. The van der Waals surface area contributed by atoms with E-state index in [0.717, 1.165) is 38.8 Å². The Labute approximate surface area is 212 Å². The van der Waals surface area contributed by atoms with Gasteiger partial charge in [0.2, 0.25) is 0 Å². The number of pyridine rings is 1. The number of nitrogens with zero attached hydrogens (tertiary/aromatic N) is 5. The van der Waals surface area contributed by atoms with Gasteiger partial charge in [-0.05, 0) is 64.0 Å². The van der Waals surface area contributed by atoms with Gasteiger partial charge in [-0.2, -0.15) is 0 Å². The van der Waals surface area contributed by atoms with Gasteiger partial charge in [-0.3, -0.25) is 0 Å². The van der Waals surface area contributed by atoms with Crippen LogP contribution in [0.3, 0.4) is 0 Å². The number of fused-ring (bicyclic) bond motifs is 2. The summed E-state index contributed by atoms with van der Waals surface area (Å²) in [7, 11) is 0. The van der Waals surface area contributed by atoms with E-state index in [1.165, 1.54) is 5.56 Å². The molecule has 3 aromatic carbocycles. The average Bonchev–Trinajstić information content (AvgIpc) is 3.57. The Morgan fingerprint density at radius 2 is 1.83 bits per heavy atom. The van der Waals surface area contributed by atoms with Crippen molar-refractivity contribution >= 4 is 45.6 Å². The summed E-state index contributed by atoms with van der Waals surface area (Å²) >= 11 is 6.13. The summed E-state index contributed by atoms with van der Waals surface area (Å²) in [5.41, 5.74) is 5.09. The van der Waals surface area contributed by atoms with E-state index in [0.29, 0.717) is 17.4 Å². The van der Waals surface area contributed by atoms with Gasteiger partial charge in [0.1, 0.15) is 12.4 Å². The second-order valence-corrected chi connectivity index (χ2v) is 8.86. The Morgan fingerprint density at radius 3 is 2.75 bits per heavy atom. The second-order valence-electron chi connectivity index (χ2n) is 8.43. The van der Waals surface area contributed by atoms with E-state index in [2.05, 4.69) is 79.9 Å². The number of tetrazole rings is 1. The maximum atomic E-state index is 6.13. The smallest absolute Gasteiger partial charge is 0.186 e. The van der Waals surface area contributed by atoms with Gasteiger partial charge >= 0.3 is 0 Å². The van der Waals surface area contributed by atoms with Crippen LogP contribution in [0.5, 0.6) is 5.75 Å². The Kier molecular flexibility index (Phi) is 5.89. The molecule has 0 spiro atoms. The normalized spacial score (nSPS) is 11.6. The molecule has 0 aliphatic carbocycles. The molecule has 0 aliphatic heterocycles. The number of rotatable bonds is 7. The molecule has 3 aromatic heterocycles. The van der Waals surface area contributed by atoms with Crippen LogP contribution in [0.15, 0.2) is 85.1 Å². The zero-order valence-electron chi connectivity index (χ0n) is 19.2. The van der Waals surface area contributed by atoms with Gasteiger partial charge in [-0.15, -0.1) is 5.10 Å². The highest BCUT2D eigenvalue weighted by atomic mass is 35.5. The zero-order valence-corrected chi connectivity index (χ0v) is 19.9. The lowest BCUT2D eigenvalue weighted by atomic mass is 10.1. The highest BCUT2D eigenvalue weighted by Gasteiger charge is 2.10. The predicted octanol–water partition coefficient (Wildman–Crippen LogP) is 6.15. The molecule has 0 unspecified atom stereocenters. The highest BCUT2D eigenvalue weighted by molar-refractivity contribution is 6.31. The van der Waals surface area contributed by atoms with Crippen LogP contribution in [-0.4, -0.2) is 30.2 Å². The van der Waals surface area contributed by atoms with Crippen molar-refractivity contribution in [2.75, 3.05) is 0 Å². The van der Waals surface area contributed by atoms with Gasteiger partial charge < -0.3 is 9.30 Å². The van der Waals surface area contributed by atoms with E-state index in [9.17, 15) is 0 Å². The van der Waals surface area contributed by atoms with Crippen LogP contribution in [-0.2, 0) is 13.2 Å². The standard InChI is InChI=1S/C28H21ClN6O/c29-23-10-8-21-9-12-24(30-25(21)16-23)11-7-19-3-1-4-20(15-19)17-35-14-13-22-5-2-6-26(28(22)35)36-18-27-31-33-34-32-27/h1-16H,17-18H2,(H,31,32,33,34)/b11-7+. The van der Waals surface area contributed by atoms with Crippen molar-refractivity contribution in [3.63, 3.8) is 0 Å². The molecule has 0 fully saturated rings. The fourth-order valence-electron chi connectivity index (χ4n) is 4.23. The minimum absolute atomic E-state index is 0.270. The van der Waals surface area contributed by atoms with Crippen LogP contribution in [0, 0.1) is 0 Å². The Morgan fingerprint density at radius 1 is 0.917 bits per heavy atom. The van der Waals surface area contributed by atoms with Crippen LogP contribution < -0.4 is 4.74 Å². The van der Waals surface area contributed by atoms with Crippen LogP contribution in [0.4, 0.5) is 0 Å². The largest absolute Gasteiger partial charge is 0.483 e. The number of nitrogens with one attached hydrogen (secondary N) is 1. The summed E-state index contributed by atoms with van der Waals surface area (Å²) in [6, 6.07) is 26.4. The summed E-state index contributed by atoms with van der Waals surface area (Å²) in [6.07, 6.45) is 6.19. The third-order valence-corrected chi connectivity index (χ3v) is 6.17. The van der Waals surface area contributed by atoms with Crippen molar-refractivity contribution in [3.05, 3.63) is 113 Å². The van der Waals surface area contributed by atoms with Crippen LogP contribution in [0.1, 0.15) is 22.6 Å². The molecular formula is C28H21ClN6O. The predicted molar refractivity (Wildman–Crippen MR) is 142 cm³/mol. The molecule has 176 valence electrons. The first-order chi connectivity index (χ1) is 17.7. The molecule has 6 aromatic rings. The molecule has 8 heteroatoms. The first-order valence-electron chi connectivity index (χ1n) is 11.5. The number of hydrogen-bond donors (Lipinski definition) is 1. The van der Waals surface area contributed by atoms with Crippen LogP contribution >= 0.6 is 11.6 Å². The van der Waals surface area contributed by atoms with Crippen LogP contribution in [0.25, 0.3) is 34.0 Å². The SMILES string of the molecule is Clc1ccc2ccc(/C=C/c3cccc(Cn4ccc5cccc(OCc6nnn[nH]6)c54)c3)nc2c1. The first-order valence-corrected chi connectivity index (χ1v) is 11.9. The average molecular weight is 493 g/mol. The zero-order chi connectivity index (χ0) is 24.3. The molecule has 0 saturated heterocycles. The first kappa shape index (κ1) is 22.0. The van der Waals surface area contributed by atoms with Crippen LogP contribution in [0.2, 0.25) is 5.02 Å². The molecule has 3 heterocycles. The van der Waals surface area contributed by atoms with Gasteiger partial charge in [0.15, 0.2) is 5.82 Å². The number of hydrogen-bond acceptors (Lipinski definition) is 5. The summed E-state index contributed by atoms with van der Waals surface area (Å²) in [5.74, 6) is 1.36. The van der Waals surface area contributed by atoms with Crippen molar-refractivity contribution in [2.24, 2.45) is 0 Å². The van der Waals surface area contributed by atoms with Gasteiger partial charge in [-0.25, -0.2) is 10.1 Å². The molecule has 36 heavy (non-hydrogen) atoms. The second kappa shape index (κ2) is 9.64. The summed E-state index contributed by atoms with van der Waals surface area (Å²) in [6.45, 7) is 0.981. The number of ether oxygens (including phenoxy) is 1. The number of para-hydroxylation sites is 1. The van der Waals surface area contributed by atoms with Crippen molar-refractivity contribution in [1.82, 2.24) is 30.2 Å². The molecule has 0 bridgehead atoms. The lowest BCUT2D eigenvalue weighted by molar-refractivity contribution is 0.298. The number of aromatic amines is 1. The molecule has 7 nitrogen and oxygen atoms in total. The Hall–Kier alpha value is -4.49. The lowest BCUT2D eigenvalue weighted by Crippen LogP contribution is -2.02. The van der Waals surface area contributed by atoms with E-state index in [-0.39, 0.29) is 6.61 Å². The maximum absolute atomic E-state index is 6.13. The minimum atomic E-state index is 0.270. The Balaban J connectivity index is 1.23. The van der Waals surface area contributed by atoms with Crippen molar-refractivity contribution in [3.8, 4) is 5.75 Å². The van der Waals surface area contributed by atoms with Crippen molar-refractivity contribution < 1.29 is 4.74 Å². The fourth-order valence-corrected chi connectivity index (χ4v) is 4.40. The molecule has 0 aliphatic rings. The number of aromatic nitrogens is 6. The molecule has 1 N–H and O–H groups in total. The molecule has 0 amide bonds. The summed E-state index contributed by atoms with van der Waals surface area (Å²) in [4.78, 5) is 4.71. The minimum Gasteiger partial charge on any atom is -0.483 e. The van der Waals surface area contributed by atoms with Gasteiger partial charge in [0, 0.05) is 28.5 Å². The van der Waals surface area contributed by atoms with Gasteiger partial charge in [-0.1, -0.05) is 60.1 Å². The number of H-pyrrole nitrogens is 1. The molecule has 6 rings (SSSR count). The van der Waals surface area contributed by atoms with Crippen molar-refractivity contribution in [1.29, 1.82) is 0 Å².